The lowest BCUT2D eigenvalue weighted by Crippen LogP contribution is -2.51. The minimum Gasteiger partial charge on any atom is -0.344 e. The SMILES string of the molecule is CN[C@H]1CSSCC(C(C)=O)NC1=O. The van der Waals surface area contributed by atoms with E-state index in [9.17, 15) is 9.59 Å². The molecule has 0 spiro atoms. The highest BCUT2D eigenvalue weighted by atomic mass is 33.1. The smallest absolute Gasteiger partial charge is 0.238 e. The summed E-state index contributed by atoms with van der Waals surface area (Å²) in [6.45, 7) is 1.51. The number of nitrogens with one attached hydrogen (secondary N) is 2. The fourth-order valence-electron chi connectivity index (χ4n) is 1.06. The van der Waals surface area contributed by atoms with Gasteiger partial charge in [0.2, 0.25) is 5.91 Å². The van der Waals surface area contributed by atoms with Crippen LogP contribution in [-0.2, 0) is 9.59 Å². The molecular formula is C8H14N2O2S2. The van der Waals surface area contributed by atoms with Gasteiger partial charge in [0.25, 0.3) is 0 Å². The molecule has 0 bridgehead atoms. The van der Waals surface area contributed by atoms with E-state index < -0.39 is 0 Å². The predicted octanol–water partition coefficient (Wildman–Crippen LogP) is 0.0432. The van der Waals surface area contributed by atoms with Crippen LogP contribution in [-0.4, -0.2) is 42.3 Å². The molecule has 1 saturated heterocycles. The number of hydrogen-bond donors (Lipinski definition) is 2. The third-order valence-electron chi connectivity index (χ3n) is 2.02. The van der Waals surface area contributed by atoms with Crippen molar-refractivity contribution in [2.24, 2.45) is 0 Å². The van der Waals surface area contributed by atoms with Crippen molar-refractivity contribution in [1.82, 2.24) is 10.6 Å². The summed E-state index contributed by atoms with van der Waals surface area (Å²) in [6, 6.07) is -0.536. The van der Waals surface area contributed by atoms with E-state index in [0.717, 1.165) is 5.75 Å². The number of hydrogen-bond acceptors (Lipinski definition) is 5. The summed E-state index contributed by atoms with van der Waals surface area (Å²) < 4.78 is 0. The Bertz CT molecular complexity index is 235. The van der Waals surface area contributed by atoms with E-state index in [1.165, 1.54) is 6.92 Å². The molecule has 1 unspecified atom stereocenters. The first-order valence-corrected chi connectivity index (χ1v) is 6.86. The molecule has 0 saturated carbocycles. The lowest BCUT2D eigenvalue weighted by Gasteiger charge is -2.23. The summed E-state index contributed by atoms with van der Waals surface area (Å²) in [5, 5.41) is 5.66. The van der Waals surface area contributed by atoms with Crippen LogP contribution in [0.5, 0.6) is 0 Å². The van der Waals surface area contributed by atoms with Crippen LogP contribution in [0.1, 0.15) is 6.92 Å². The maximum atomic E-state index is 11.6. The zero-order valence-corrected chi connectivity index (χ0v) is 9.83. The molecule has 14 heavy (non-hydrogen) atoms. The molecule has 0 aromatic rings. The summed E-state index contributed by atoms with van der Waals surface area (Å²) in [6.07, 6.45) is 0. The van der Waals surface area contributed by atoms with Gasteiger partial charge >= 0.3 is 0 Å². The maximum Gasteiger partial charge on any atom is 0.238 e. The van der Waals surface area contributed by atoms with Crippen LogP contribution >= 0.6 is 21.6 Å². The summed E-state index contributed by atoms with van der Waals surface area (Å²) >= 11 is 0. The van der Waals surface area contributed by atoms with Gasteiger partial charge in [-0.15, -0.1) is 0 Å². The Morgan fingerprint density at radius 1 is 1.50 bits per heavy atom. The molecule has 2 N–H and O–H groups in total. The van der Waals surface area contributed by atoms with Gasteiger partial charge in [0.1, 0.15) is 0 Å². The van der Waals surface area contributed by atoms with Crippen molar-refractivity contribution in [3.8, 4) is 0 Å². The molecule has 6 heteroatoms. The Labute approximate surface area is 91.4 Å². The van der Waals surface area contributed by atoms with Gasteiger partial charge in [-0.2, -0.15) is 0 Å². The van der Waals surface area contributed by atoms with E-state index in [0.29, 0.717) is 5.75 Å². The van der Waals surface area contributed by atoms with Crippen molar-refractivity contribution >= 4 is 33.3 Å². The van der Waals surface area contributed by atoms with Crippen LogP contribution in [0, 0.1) is 0 Å². The molecule has 1 amide bonds. The van der Waals surface area contributed by atoms with Crippen molar-refractivity contribution in [3.05, 3.63) is 0 Å². The van der Waals surface area contributed by atoms with E-state index in [1.807, 2.05) is 0 Å². The summed E-state index contributed by atoms with van der Waals surface area (Å²) in [5.41, 5.74) is 0. The number of Topliss-reactive ketones (excluding diaryl/α,β-unsaturated/α-hetero) is 1. The molecule has 0 aromatic heterocycles. The number of carbonyl (C=O) groups excluding carboxylic acids is 2. The Hall–Kier alpha value is -0.200. The van der Waals surface area contributed by atoms with E-state index >= 15 is 0 Å². The van der Waals surface area contributed by atoms with Gasteiger partial charge < -0.3 is 10.6 Å². The van der Waals surface area contributed by atoms with Gasteiger partial charge in [-0.05, 0) is 14.0 Å². The van der Waals surface area contributed by atoms with Gasteiger partial charge in [-0.3, -0.25) is 9.59 Å². The van der Waals surface area contributed by atoms with Gasteiger partial charge in [0.05, 0.1) is 12.1 Å². The van der Waals surface area contributed by atoms with Crippen LogP contribution < -0.4 is 10.6 Å². The normalized spacial score (nSPS) is 28.9. The number of ketones is 1. The van der Waals surface area contributed by atoms with E-state index in [-0.39, 0.29) is 23.8 Å². The second kappa shape index (κ2) is 5.63. The van der Waals surface area contributed by atoms with Crippen LogP contribution in [0.25, 0.3) is 0 Å². The van der Waals surface area contributed by atoms with Crippen molar-refractivity contribution in [2.75, 3.05) is 18.6 Å². The maximum absolute atomic E-state index is 11.6. The van der Waals surface area contributed by atoms with Crippen molar-refractivity contribution in [2.45, 2.75) is 19.0 Å². The first-order valence-electron chi connectivity index (χ1n) is 4.37. The molecule has 1 fully saturated rings. The number of likely N-dealkylation sites (N-methyl/N-ethyl adjacent to an activating group) is 1. The molecule has 1 aliphatic rings. The Morgan fingerprint density at radius 2 is 2.14 bits per heavy atom. The fourth-order valence-corrected chi connectivity index (χ4v) is 3.55. The Kier molecular flexibility index (Phi) is 4.77. The molecule has 80 valence electrons. The molecule has 1 rings (SSSR count). The quantitative estimate of drug-likeness (QED) is 0.661. The van der Waals surface area contributed by atoms with Crippen molar-refractivity contribution in [3.63, 3.8) is 0 Å². The summed E-state index contributed by atoms with van der Waals surface area (Å²) in [7, 11) is 5.01. The molecule has 0 aromatic carbocycles. The number of carbonyl (C=O) groups is 2. The van der Waals surface area contributed by atoms with Gasteiger partial charge in [-0.25, -0.2) is 0 Å². The molecule has 4 nitrogen and oxygen atoms in total. The third-order valence-corrected chi connectivity index (χ3v) is 4.45. The molecule has 0 aliphatic carbocycles. The second-order valence-corrected chi connectivity index (χ2v) is 5.63. The average molecular weight is 234 g/mol. The van der Waals surface area contributed by atoms with Crippen LogP contribution in [0.2, 0.25) is 0 Å². The van der Waals surface area contributed by atoms with Crippen LogP contribution in [0.4, 0.5) is 0 Å². The average Bonchev–Trinajstić information content (AvgIpc) is 2.11. The largest absolute Gasteiger partial charge is 0.344 e. The summed E-state index contributed by atoms with van der Waals surface area (Å²) in [4.78, 5) is 22.7. The highest BCUT2D eigenvalue weighted by molar-refractivity contribution is 8.76. The molecule has 2 atom stereocenters. The summed E-state index contributed by atoms with van der Waals surface area (Å²) in [5.74, 6) is 1.32. The van der Waals surface area contributed by atoms with E-state index in [4.69, 9.17) is 0 Å². The fraction of sp³-hybridized carbons (Fsp3) is 0.750. The van der Waals surface area contributed by atoms with Gasteiger partial charge in [0, 0.05) is 11.5 Å². The van der Waals surface area contributed by atoms with E-state index in [2.05, 4.69) is 10.6 Å². The minimum absolute atomic E-state index is 0.0169. The molecular weight excluding hydrogens is 220 g/mol. The number of rotatable bonds is 2. The Balaban J connectivity index is 2.60. The second-order valence-electron chi connectivity index (χ2n) is 3.08. The topological polar surface area (TPSA) is 58.2 Å². The molecule has 1 aliphatic heterocycles. The standard InChI is InChI=1S/C8H14N2O2S2/c1-5(11)6-3-13-14-4-7(9-2)8(12)10-6/h6-7,9H,3-4H2,1-2H3,(H,10,12)/t6?,7-/m0/s1. The molecule has 1 heterocycles. The first-order chi connectivity index (χ1) is 6.65. The first kappa shape index (κ1) is 11.9. The Morgan fingerprint density at radius 3 is 2.71 bits per heavy atom. The highest BCUT2D eigenvalue weighted by Crippen LogP contribution is 2.24. The van der Waals surface area contributed by atoms with Crippen LogP contribution in [0.3, 0.4) is 0 Å². The van der Waals surface area contributed by atoms with Gasteiger partial charge in [-0.1, -0.05) is 21.6 Å². The van der Waals surface area contributed by atoms with E-state index in [1.54, 1.807) is 28.6 Å². The van der Waals surface area contributed by atoms with Crippen LogP contribution in [0.15, 0.2) is 0 Å². The van der Waals surface area contributed by atoms with Crippen molar-refractivity contribution < 1.29 is 9.59 Å². The third kappa shape index (κ3) is 3.18. The minimum atomic E-state index is -0.337. The molecule has 0 radical (unpaired) electrons. The predicted molar refractivity (Wildman–Crippen MR) is 60.4 cm³/mol. The monoisotopic (exact) mass is 234 g/mol. The van der Waals surface area contributed by atoms with Gasteiger partial charge in [0.15, 0.2) is 5.78 Å². The zero-order chi connectivity index (χ0) is 10.6. The lowest BCUT2D eigenvalue weighted by molar-refractivity contribution is -0.127. The lowest BCUT2D eigenvalue weighted by atomic mass is 10.2. The number of amides is 1. The highest BCUT2D eigenvalue weighted by Gasteiger charge is 2.25. The van der Waals surface area contributed by atoms with Crippen molar-refractivity contribution in [1.29, 1.82) is 0 Å². The zero-order valence-electron chi connectivity index (χ0n) is 8.20.